The summed E-state index contributed by atoms with van der Waals surface area (Å²) in [6, 6.07) is 3.69. The molecule has 27 heavy (non-hydrogen) atoms. The molecule has 0 aromatic carbocycles. The molecule has 3 rings (SSSR count). The van der Waals surface area contributed by atoms with Crippen molar-refractivity contribution in [1.29, 1.82) is 0 Å². The first kappa shape index (κ1) is 20.2. The fourth-order valence-electron chi connectivity index (χ4n) is 2.94. The molecule has 7 nitrogen and oxygen atoms in total. The molecular formula is C19H30BNO6. The van der Waals surface area contributed by atoms with Crippen LogP contribution in [0.2, 0.25) is 0 Å². The minimum Gasteiger partial charge on any atom is -0.467 e. The van der Waals surface area contributed by atoms with Crippen LogP contribution in [0.1, 0.15) is 60.3 Å². The van der Waals surface area contributed by atoms with E-state index in [9.17, 15) is 4.79 Å². The van der Waals surface area contributed by atoms with Gasteiger partial charge in [-0.3, -0.25) is 0 Å². The van der Waals surface area contributed by atoms with Crippen molar-refractivity contribution in [3.05, 3.63) is 17.9 Å². The largest absolute Gasteiger partial charge is 0.532 e. The normalized spacial score (nSPS) is 24.9. The number of hydrogen-bond donors (Lipinski definition) is 0. The lowest BCUT2D eigenvalue weighted by atomic mass is 9.86. The van der Waals surface area contributed by atoms with Crippen molar-refractivity contribution in [1.82, 2.24) is 4.90 Å². The number of carbonyl (C=O) groups excluding carboxylic acids is 1. The maximum atomic E-state index is 12.3. The van der Waals surface area contributed by atoms with Crippen LogP contribution in [0.3, 0.4) is 0 Å². The summed E-state index contributed by atoms with van der Waals surface area (Å²) < 4.78 is 29.3. The first-order valence-corrected chi connectivity index (χ1v) is 9.43. The summed E-state index contributed by atoms with van der Waals surface area (Å²) in [7, 11) is -0.561. The van der Waals surface area contributed by atoms with Crippen molar-refractivity contribution < 1.29 is 28.0 Å². The van der Waals surface area contributed by atoms with Crippen molar-refractivity contribution >= 4 is 18.9 Å². The van der Waals surface area contributed by atoms with Crippen molar-refractivity contribution in [2.24, 2.45) is 0 Å². The van der Waals surface area contributed by atoms with E-state index in [1.165, 1.54) is 0 Å². The Balaban J connectivity index is 1.67. The quantitative estimate of drug-likeness (QED) is 0.736. The van der Waals surface area contributed by atoms with E-state index in [0.717, 1.165) is 0 Å². The second-order valence-electron chi connectivity index (χ2n) is 9.11. The van der Waals surface area contributed by atoms with Crippen molar-refractivity contribution in [2.45, 2.75) is 71.4 Å². The minimum absolute atomic E-state index is 0.339. The molecule has 0 bridgehead atoms. The van der Waals surface area contributed by atoms with Crippen molar-refractivity contribution in [3.8, 4) is 0 Å². The molecule has 0 aliphatic carbocycles. The molecular weight excluding hydrogens is 349 g/mol. The Hall–Kier alpha value is -1.51. The van der Waals surface area contributed by atoms with E-state index < -0.39 is 23.9 Å². The first-order valence-electron chi connectivity index (χ1n) is 9.43. The van der Waals surface area contributed by atoms with Gasteiger partial charge in [-0.15, -0.1) is 0 Å². The second-order valence-corrected chi connectivity index (χ2v) is 9.11. The predicted octanol–water partition coefficient (Wildman–Crippen LogP) is 2.89. The summed E-state index contributed by atoms with van der Waals surface area (Å²) in [4.78, 5) is 14.0. The van der Waals surface area contributed by atoms with Crippen LogP contribution in [-0.4, -0.2) is 54.6 Å². The molecule has 0 N–H and O–H groups in total. The van der Waals surface area contributed by atoms with E-state index in [4.69, 9.17) is 23.2 Å². The number of carbonyl (C=O) groups is 1. The highest BCUT2D eigenvalue weighted by Crippen LogP contribution is 2.36. The van der Waals surface area contributed by atoms with Gasteiger partial charge in [-0.05, 0) is 60.6 Å². The Morgan fingerprint density at radius 3 is 2.41 bits per heavy atom. The van der Waals surface area contributed by atoms with E-state index in [1.54, 1.807) is 4.90 Å². The summed E-state index contributed by atoms with van der Waals surface area (Å²) in [6.07, 6.45) is -0.684. The summed E-state index contributed by atoms with van der Waals surface area (Å²) in [5.41, 5.74) is -0.792. The molecule has 1 aromatic heterocycles. The molecule has 1 atom stereocenters. The zero-order chi connectivity index (χ0) is 20.0. The third kappa shape index (κ3) is 4.33. The molecule has 1 amide bonds. The first-order chi connectivity index (χ1) is 12.4. The molecule has 150 valence electrons. The Labute approximate surface area is 161 Å². The number of rotatable bonds is 2. The number of hydrogen-bond acceptors (Lipinski definition) is 6. The average Bonchev–Trinajstić information content (AvgIpc) is 3.09. The molecule has 1 unspecified atom stereocenters. The van der Waals surface area contributed by atoms with Crippen LogP contribution in [-0.2, 0) is 18.8 Å². The van der Waals surface area contributed by atoms with E-state index in [1.807, 2.05) is 60.6 Å². The highest BCUT2D eigenvalue weighted by atomic mass is 16.7. The zero-order valence-electron chi connectivity index (χ0n) is 17.3. The van der Waals surface area contributed by atoms with Crippen LogP contribution >= 0.6 is 0 Å². The fourth-order valence-corrected chi connectivity index (χ4v) is 2.94. The van der Waals surface area contributed by atoms with E-state index in [-0.39, 0.29) is 12.2 Å². The smallest absolute Gasteiger partial charge is 0.467 e. The third-order valence-electron chi connectivity index (χ3n) is 5.17. The molecule has 0 saturated carbocycles. The van der Waals surface area contributed by atoms with Crippen LogP contribution in [0.5, 0.6) is 0 Å². The molecule has 1 aromatic rings. The Morgan fingerprint density at radius 1 is 1.19 bits per heavy atom. The van der Waals surface area contributed by atoms with Crippen LogP contribution in [0.4, 0.5) is 4.79 Å². The molecule has 2 aliphatic rings. The number of furan rings is 1. The lowest BCUT2D eigenvalue weighted by molar-refractivity contribution is -0.0499. The highest BCUT2D eigenvalue weighted by molar-refractivity contribution is 6.60. The van der Waals surface area contributed by atoms with E-state index >= 15 is 0 Å². The third-order valence-corrected chi connectivity index (χ3v) is 5.17. The Bertz CT molecular complexity index is 677. The number of morpholine rings is 1. The van der Waals surface area contributed by atoms with Gasteiger partial charge in [0.1, 0.15) is 23.1 Å². The Kier molecular flexibility index (Phi) is 5.12. The standard InChI is InChI=1S/C19H30BNO6/c1-17(2,3)25-16(22)21-10-11-23-14(12-21)13-8-9-15(24-13)20-26-18(4,5)19(6,7)27-20/h8-9,14H,10-12H2,1-7H3. The van der Waals surface area contributed by atoms with Gasteiger partial charge in [0.15, 0.2) is 0 Å². The maximum absolute atomic E-state index is 12.3. The van der Waals surface area contributed by atoms with Gasteiger partial charge < -0.3 is 28.1 Å². The minimum atomic E-state index is -0.561. The van der Waals surface area contributed by atoms with Crippen LogP contribution in [0, 0.1) is 0 Å². The highest BCUT2D eigenvalue weighted by Gasteiger charge is 2.53. The van der Waals surface area contributed by atoms with Gasteiger partial charge in [0.2, 0.25) is 0 Å². The van der Waals surface area contributed by atoms with Crippen molar-refractivity contribution in [2.75, 3.05) is 19.7 Å². The predicted molar refractivity (Wildman–Crippen MR) is 101 cm³/mol. The zero-order valence-corrected chi connectivity index (χ0v) is 17.3. The molecule has 2 aliphatic heterocycles. The summed E-state index contributed by atoms with van der Waals surface area (Å²) in [6.45, 7) is 14.9. The summed E-state index contributed by atoms with van der Waals surface area (Å²) in [5.74, 6) is 0.646. The van der Waals surface area contributed by atoms with Crippen molar-refractivity contribution in [3.63, 3.8) is 0 Å². The van der Waals surface area contributed by atoms with Gasteiger partial charge in [-0.2, -0.15) is 0 Å². The second kappa shape index (κ2) is 6.83. The number of ether oxygens (including phenoxy) is 2. The molecule has 0 spiro atoms. The van der Waals surface area contributed by atoms with Crippen LogP contribution in [0.15, 0.2) is 16.5 Å². The number of nitrogens with zero attached hydrogens (tertiary/aromatic N) is 1. The SMILES string of the molecule is CC(C)(C)OC(=O)N1CCOC(c2ccc(B3OC(C)(C)C(C)(C)O3)o2)C1. The monoisotopic (exact) mass is 379 g/mol. The summed E-state index contributed by atoms with van der Waals surface area (Å²) in [5, 5.41) is 0. The maximum Gasteiger partial charge on any atom is 0.532 e. The lowest BCUT2D eigenvalue weighted by Crippen LogP contribution is -2.44. The molecule has 8 heteroatoms. The summed E-state index contributed by atoms with van der Waals surface area (Å²) >= 11 is 0. The van der Waals surface area contributed by atoms with E-state index in [2.05, 4.69) is 0 Å². The van der Waals surface area contributed by atoms with Gasteiger partial charge in [-0.25, -0.2) is 4.79 Å². The van der Waals surface area contributed by atoms with E-state index in [0.29, 0.717) is 31.1 Å². The molecule has 0 radical (unpaired) electrons. The number of amides is 1. The van der Waals surface area contributed by atoms with Gasteiger partial charge in [-0.1, -0.05) is 0 Å². The molecule has 2 fully saturated rings. The average molecular weight is 379 g/mol. The molecule has 3 heterocycles. The fraction of sp³-hybridized carbons (Fsp3) is 0.737. The van der Waals surface area contributed by atoms with Gasteiger partial charge in [0, 0.05) is 6.54 Å². The van der Waals surface area contributed by atoms with Crippen LogP contribution < -0.4 is 5.66 Å². The van der Waals surface area contributed by atoms with Gasteiger partial charge in [0.25, 0.3) is 0 Å². The topological polar surface area (TPSA) is 70.4 Å². The van der Waals surface area contributed by atoms with Crippen LogP contribution in [0.25, 0.3) is 0 Å². The Morgan fingerprint density at radius 2 is 1.81 bits per heavy atom. The van der Waals surface area contributed by atoms with Gasteiger partial charge >= 0.3 is 13.2 Å². The van der Waals surface area contributed by atoms with Gasteiger partial charge in [0.05, 0.1) is 24.4 Å². The lowest BCUT2D eigenvalue weighted by Gasteiger charge is -2.33. The molecule has 2 saturated heterocycles.